The van der Waals surface area contributed by atoms with Gasteiger partial charge in [-0.15, -0.1) is 0 Å². The topological polar surface area (TPSA) is 37.8 Å². The molecular weight excluding hydrogens is 173 g/mol. The molecule has 12 heavy (non-hydrogen) atoms. The number of aryl methyl sites for hydroxylation is 1. The highest BCUT2D eigenvalue weighted by Gasteiger charge is 2.28. The largest absolute Gasteiger partial charge is 0.408 e. The zero-order valence-corrected chi connectivity index (χ0v) is 6.27. The Balaban J connectivity index is 2.90. The second-order valence-electron chi connectivity index (χ2n) is 2.48. The number of nitrogens with one attached hydrogen (secondary N) is 1. The summed E-state index contributed by atoms with van der Waals surface area (Å²) in [6, 6.07) is 1.12. The van der Waals surface area contributed by atoms with Crippen molar-refractivity contribution in [1.29, 1.82) is 0 Å². The first-order chi connectivity index (χ1) is 5.38. The van der Waals surface area contributed by atoms with E-state index < -0.39 is 18.3 Å². The van der Waals surface area contributed by atoms with E-state index in [1.807, 2.05) is 0 Å². The third kappa shape index (κ3) is 2.14. The minimum atomic E-state index is -4.36. The van der Waals surface area contributed by atoms with E-state index in [1.54, 1.807) is 0 Å². The highest BCUT2D eigenvalue weighted by Crippen LogP contribution is 2.15. The third-order valence-electron chi connectivity index (χ3n) is 1.25. The molecule has 0 bridgehead atoms. The van der Waals surface area contributed by atoms with Gasteiger partial charge in [0.1, 0.15) is 6.54 Å². The van der Waals surface area contributed by atoms with Crippen LogP contribution < -0.4 is 5.56 Å². The SMILES string of the molecule is Cc1cc(=O)n(CC(F)(F)F)[nH]1. The van der Waals surface area contributed by atoms with E-state index >= 15 is 0 Å². The van der Waals surface area contributed by atoms with Crippen molar-refractivity contribution in [3.63, 3.8) is 0 Å². The molecule has 3 nitrogen and oxygen atoms in total. The Labute approximate surface area is 65.8 Å². The Kier molecular flexibility index (Phi) is 1.99. The maximum atomic E-state index is 11.8. The molecule has 68 valence electrons. The van der Waals surface area contributed by atoms with Gasteiger partial charge in [0.05, 0.1) is 0 Å². The van der Waals surface area contributed by atoms with Gasteiger partial charge in [-0.3, -0.25) is 9.89 Å². The fourth-order valence-electron chi connectivity index (χ4n) is 0.860. The van der Waals surface area contributed by atoms with Gasteiger partial charge < -0.3 is 0 Å². The number of alkyl halides is 3. The number of halogens is 3. The van der Waals surface area contributed by atoms with Gasteiger partial charge in [0.15, 0.2) is 0 Å². The van der Waals surface area contributed by atoms with Crippen molar-refractivity contribution in [3.8, 4) is 0 Å². The fourth-order valence-corrected chi connectivity index (χ4v) is 0.860. The smallest absolute Gasteiger partial charge is 0.300 e. The van der Waals surface area contributed by atoms with Crippen LogP contribution in [0.2, 0.25) is 0 Å². The van der Waals surface area contributed by atoms with Gasteiger partial charge in [-0.05, 0) is 6.92 Å². The lowest BCUT2D eigenvalue weighted by atomic mass is 10.5. The molecule has 0 saturated heterocycles. The molecule has 0 fully saturated rings. The Morgan fingerprint density at radius 2 is 2.17 bits per heavy atom. The summed E-state index contributed by atoms with van der Waals surface area (Å²) in [4.78, 5) is 10.7. The molecular formula is C6H7F3N2O. The number of nitrogens with zero attached hydrogens (tertiary/aromatic N) is 1. The monoisotopic (exact) mass is 180 g/mol. The molecule has 0 unspecified atom stereocenters. The molecule has 1 aromatic heterocycles. The molecule has 0 aliphatic carbocycles. The first-order valence-corrected chi connectivity index (χ1v) is 3.22. The van der Waals surface area contributed by atoms with Crippen LogP contribution in [0.25, 0.3) is 0 Å². The average molecular weight is 180 g/mol. The molecule has 0 spiro atoms. The van der Waals surface area contributed by atoms with Gasteiger partial charge in [-0.2, -0.15) is 13.2 Å². The summed E-state index contributed by atoms with van der Waals surface area (Å²) >= 11 is 0. The van der Waals surface area contributed by atoms with Gasteiger partial charge in [0, 0.05) is 11.8 Å². The van der Waals surface area contributed by atoms with Crippen LogP contribution in [0, 0.1) is 6.92 Å². The van der Waals surface area contributed by atoms with Gasteiger partial charge in [-0.25, -0.2) is 4.68 Å². The van der Waals surface area contributed by atoms with Gasteiger partial charge >= 0.3 is 6.18 Å². The zero-order valence-electron chi connectivity index (χ0n) is 6.27. The summed E-state index contributed by atoms with van der Waals surface area (Å²) in [5.74, 6) is 0. The molecule has 0 aromatic carbocycles. The maximum Gasteiger partial charge on any atom is 0.408 e. The normalized spacial score (nSPS) is 12.0. The summed E-state index contributed by atoms with van der Waals surface area (Å²) in [5, 5.41) is 2.29. The lowest BCUT2D eigenvalue weighted by molar-refractivity contribution is -0.143. The molecule has 6 heteroatoms. The Morgan fingerprint density at radius 1 is 1.58 bits per heavy atom. The minimum Gasteiger partial charge on any atom is -0.300 e. The van der Waals surface area contributed by atoms with E-state index in [0.717, 1.165) is 6.07 Å². The van der Waals surface area contributed by atoms with Crippen LogP contribution in [0.4, 0.5) is 13.2 Å². The quantitative estimate of drug-likeness (QED) is 0.689. The molecule has 0 aliphatic heterocycles. The van der Waals surface area contributed by atoms with Crippen LogP contribution in [0.1, 0.15) is 5.69 Å². The lowest BCUT2D eigenvalue weighted by Gasteiger charge is -2.05. The summed E-state index contributed by atoms with van der Waals surface area (Å²) in [7, 11) is 0. The second kappa shape index (κ2) is 2.69. The Bertz CT molecular complexity index is 322. The van der Waals surface area contributed by atoms with Crippen LogP contribution in [0.3, 0.4) is 0 Å². The van der Waals surface area contributed by atoms with E-state index in [4.69, 9.17) is 0 Å². The van der Waals surface area contributed by atoms with Crippen LogP contribution >= 0.6 is 0 Å². The van der Waals surface area contributed by atoms with E-state index in [9.17, 15) is 18.0 Å². The summed E-state index contributed by atoms with van der Waals surface area (Å²) in [6.45, 7) is 0.258. The van der Waals surface area contributed by atoms with Crippen molar-refractivity contribution in [3.05, 3.63) is 22.1 Å². The summed E-state index contributed by atoms with van der Waals surface area (Å²) in [6.07, 6.45) is -4.36. The standard InChI is InChI=1S/C6H7F3N2O/c1-4-2-5(12)11(10-4)3-6(7,8)9/h2,10H,3H2,1H3. The third-order valence-corrected chi connectivity index (χ3v) is 1.25. The number of hydrogen-bond donors (Lipinski definition) is 1. The molecule has 0 saturated carbocycles. The Hall–Kier alpha value is -1.20. The predicted molar refractivity (Wildman–Crippen MR) is 35.8 cm³/mol. The molecule has 1 aromatic rings. The maximum absolute atomic E-state index is 11.8. The molecule has 1 rings (SSSR count). The zero-order chi connectivity index (χ0) is 9.35. The first kappa shape index (κ1) is 8.89. The van der Waals surface area contributed by atoms with Crippen molar-refractivity contribution in [2.45, 2.75) is 19.6 Å². The van der Waals surface area contributed by atoms with Crippen molar-refractivity contribution in [1.82, 2.24) is 9.78 Å². The Morgan fingerprint density at radius 3 is 2.50 bits per heavy atom. The molecule has 0 amide bonds. The van der Waals surface area contributed by atoms with Crippen LogP contribution in [0.5, 0.6) is 0 Å². The minimum absolute atomic E-state index is 0.421. The molecule has 0 atom stereocenters. The van der Waals surface area contributed by atoms with E-state index in [2.05, 4.69) is 5.10 Å². The van der Waals surface area contributed by atoms with Crippen LogP contribution in [0.15, 0.2) is 10.9 Å². The van der Waals surface area contributed by atoms with E-state index in [0.29, 0.717) is 10.4 Å². The average Bonchev–Trinajstić information content (AvgIpc) is 2.06. The van der Waals surface area contributed by atoms with E-state index in [-0.39, 0.29) is 0 Å². The number of rotatable bonds is 1. The summed E-state index contributed by atoms with van der Waals surface area (Å²) < 4.78 is 35.8. The summed E-state index contributed by atoms with van der Waals surface area (Å²) in [5.41, 5.74) is -0.242. The number of aromatic nitrogens is 2. The highest BCUT2D eigenvalue weighted by atomic mass is 19.4. The second-order valence-corrected chi connectivity index (χ2v) is 2.48. The predicted octanol–water partition coefficient (Wildman–Crippen LogP) is 1.05. The molecule has 1 N–H and O–H groups in total. The van der Waals surface area contributed by atoms with Crippen molar-refractivity contribution < 1.29 is 13.2 Å². The molecule has 0 aliphatic rings. The lowest BCUT2D eigenvalue weighted by Crippen LogP contribution is -2.26. The fraction of sp³-hybridized carbons (Fsp3) is 0.500. The van der Waals surface area contributed by atoms with Crippen LogP contribution in [-0.2, 0) is 6.54 Å². The number of hydrogen-bond acceptors (Lipinski definition) is 1. The molecule has 1 heterocycles. The van der Waals surface area contributed by atoms with Gasteiger partial charge in [0.2, 0.25) is 0 Å². The number of aromatic amines is 1. The van der Waals surface area contributed by atoms with E-state index in [1.165, 1.54) is 6.92 Å². The van der Waals surface area contributed by atoms with Gasteiger partial charge in [-0.1, -0.05) is 0 Å². The number of H-pyrrole nitrogens is 1. The van der Waals surface area contributed by atoms with Gasteiger partial charge in [0.25, 0.3) is 5.56 Å². The molecule has 0 radical (unpaired) electrons. The van der Waals surface area contributed by atoms with Crippen LogP contribution in [-0.4, -0.2) is 16.0 Å². The highest BCUT2D eigenvalue weighted by molar-refractivity contribution is 4.95. The first-order valence-electron chi connectivity index (χ1n) is 3.22. The van der Waals surface area contributed by atoms with Crippen molar-refractivity contribution in [2.24, 2.45) is 0 Å². The van der Waals surface area contributed by atoms with Crippen molar-refractivity contribution in [2.75, 3.05) is 0 Å². The van der Waals surface area contributed by atoms with Crippen molar-refractivity contribution >= 4 is 0 Å².